The van der Waals surface area contributed by atoms with E-state index in [0.717, 1.165) is 22.5 Å². The number of halogens is 1. The summed E-state index contributed by atoms with van der Waals surface area (Å²) in [7, 11) is 0. The summed E-state index contributed by atoms with van der Waals surface area (Å²) in [6, 6.07) is 14.7. The van der Waals surface area contributed by atoms with Crippen LogP contribution in [0.2, 0.25) is 0 Å². The number of hydrogen-bond acceptors (Lipinski definition) is 4. The summed E-state index contributed by atoms with van der Waals surface area (Å²) >= 11 is 3.24. The van der Waals surface area contributed by atoms with Gasteiger partial charge in [-0.2, -0.15) is 10.2 Å². The standard InChI is InChI=1S/C20H19BrN4O2/c1-13-18(14(2)25(24-13)12-15-6-4-3-5-7-15)11-22-23-20(27)17-9-8-16(21)10-19(17)26/h3-11,26H,12H2,1-2H3,(H,23,27)/b22-11-. The van der Waals surface area contributed by atoms with Gasteiger partial charge in [-0.15, -0.1) is 0 Å². The maximum absolute atomic E-state index is 12.2. The van der Waals surface area contributed by atoms with Gasteiger partial charge in [-0.3, -0.25) is 9.48 Å². The molecule has 0 saturated heterocycles. The van der Waals surface area contributed by atoms with Crippen molar-refractivity contribution in [3.8, 4) is 5.75 Å². The highest BCUT2D eigenvalue weighted by molar-refractivity contribution is 9.10. The summed E-state index contributed by atoms with van der Waals surface area (Å²) in [6.45, 7) is 4.53. The molecule has 3 aromatic rings. The van der Waals surface area contributed by atoms with Crippen LogP contribution in [0.1, 0.15) is 32.9 Å². The summed E-state index contributed by atoms with van der Waals surface area (Å²) in [4.78, 5) is 12.2. The maximum atomic E-state index is 12.2. The van der Waals surface area contributed by atoms with E-state index >= 15 is 0 Å². The molecule has 0 aliphatic carbocycles. The van der Waals surface area contributed by atoms with E-state index in [-0.39, 0.29) is 11.3 Å². The average molecular weight is 427 g/mol. The Bertz CT molecular complexity index is 997. The fourth-order valence-corrected chi connectivity index (χ4v) is 3.07. The van der Waals surface area contributed by atoms with E-state index in [2.05, 4.69) is 43.7 Å². The number of aromatic nitrogens is 2. The maximum Gasteiger partial charge on any atom is 0.275 e. The normalized spacial score (nSPS) is 11.1. The fraction of sp³-hybridized carbons (Fsp3) is 0.150. The summed E-state index contributed by atoms with van der Waals surface area (Å²) in [6.07, 6.45) is 1.58. The van der Waals surface area contributed by atoms with Crippen LogP contribution >= 0.6 is 15.9 Å². The molecular weight excluding hydrogens is 408 g/mol. The minimum Gasteiger partial charge on any atom is -0.507 e. The average Bonchev–Trinajstić information content (AvgIpc) is 2.89. The molecule has 0 bridgehead atoms. The lowest BCUT2D eigenvalue weighted by molar-refractivity contribution is 0.0952. The van der Waals surface area contributed by atoms with Gasteiger partial charge in [-0.25, -0.2) is 5.43 Å². The van der Waals surface area contributed by atoms with Crippen molar-refractivity contribution in [2.45, 2.75) is 20.4 Å². The predicted octanol–water partition coefficient (Wildman–Crippen LogP) is 3.78. The molecule has 0 radical (unpaired) electrons. The molecule has 138 valence electrons. The second-order valence-electron chi connectivity index (χ2n) is 6.09. The van der Waals surface area contributed by atoms with Gasteiger partial charge in [0, 0.05) is 15.7 Å². The van der Waals surface area contributed by atoms with Crippen LogP contribution in [0.4, 0.5) is 0 Å². The third-order valence-electron chi connectivity index (χ3n) is 4.18. The lowest BCUT2D eigenvalue weighted by Gasteiger charge is -2.05. The number of aromatic hydroxyl groups is 1. The highest BCUT2D eigenvalue weighted by Gasteiger charge is 2.12. The Morgan fingerprint density at radius 1 is 1.26 bits per heavy atom. The van der Waals surface area contributed by atoms with Crippen molar-refractivity contribution in [1.82, 2.24) is 15.2 Å². The molecule has 1 aromatic heterocycles. The molecule has 2 aromatic carbocycles. The van der Waals surface area contributed by atoms with Crippen LogP contribution in [0.25, 0.3) is 0 Å². The number of nitrogens with one attached hydrogen (secondary N) is 1. The smallest absolute Gasteiger partial charge is 0.275 e. The number of amides is 1. The lowest BCUT2D eigenvalue weighted by atomic mass is 10.2. The van der Waals surface area contributed by atoms with Gasteiger partial charge in [-0.1, -0.05) is 46.3 Å². The molecule has 1 amide bonds. The highest BCUT2D eigenvalue weighted by Crippen LogP contribution is 2.22. The number of carbonyl (C=O) groups excluding carboxylic acids is 1. The minimum absolute atomic E-state index is 0.111. The first-order valence-corrected chi connectivity index (χ1v) is 9.15. The Labute approximate surface area is 165 Å². The van der Waals surface area contributed by atoms with Crippen molar-refractivity contribution in [3.63, 3.8) is 0 Å². The summed E-state index contributed by atoms with van der Waals surface area (Å²) < 4.78 is 2.60. The van der Waals surface area contributed by atoms with Gasteiger partial charge in [0.15, 0.2) is 0 Å². The molecule has 0 spiro atoms. The number of rotatable bonds is 5. The highest BCUT2D eigenvalue weighted by atomic mass is 79.9. The molecule has 0 saturated carbocycles. The Kier molecular flexibility index (Phi) is 5.71. The minimum atomic E-state index is -0.483. The van der Waals surface area contributed by atoms with Crippen LogP contribution in [0, 0.1) is 13.8 Å². The molecule has 27 heavy (non-hydrogen) atoms. The van der Waals surface area contributed by atoms with E-state index in [1.54, 1.807) is 12.3 Å². The fourth-order valence-electron chi connectivity index (χ4n) is 2.72. The van der Waals surface area contributed by atoms with Crippen molar-refractivity contribution >= 4 is 28.1 Å². The first-order chi connectivity index (χ1) is 13.0. The molecule has 7 heteroatoms. The number of hydrazone groups is 1. The second-order valence-corrected chi connectivity index (χ2v) is 7.00. The molecule has 0 unspecified atom stereocenters. The van der Waals surface area contributed by atoms with Gasteiger partial charge >= 0.3 is 0 Å². The number of nitrogens with zero attached hydrogens (tertiary/aromatic N) is 3. The molecule has 2 N–H and O–H groups in total. The first-order valence-electron chi connectivity index (χ1n) is 8.35. The molecule has 1 heterocycles. The predicted molar refractivity (Wildman–Crippen MR) is 108 cm³/mol. The zero-order valence-electron chi connectivity index (χ0n) is 15.0. The van der Waals surface area contributed by atoms with Gasteiger partial charge in [0.2, 0.25) is 0 Å². The van der Waals surface area contributed by atoms with Gasteiger partial charge < -0.3 is 5.11 Å². The zero-order chi connectivity index (χ0) is 19.4. The van der Waals surface area contributed by atoms with Gasteiger partial charge in [0.1, 0.15) is 5.75 Å². The Balaban J connectivity index is 1.72. The van der Waals surface area contributed by atoms with Gasteiger partial charge in [0.25, 0.3) is 5.91 Å². The van der Waals surface area contributed by atoms with Crippen LogP contribution in [0.3, 0.4) is 0 Å². The zero-order valence-corrected chi connectivity index (χ0v) is 16.6. The topological polar surface area (TPSA) is 79.5 Å². The van der Waals surface area contributed by atoms with Gasteiger partial charge in [-0.05, 0) is 37.6 Å². The number of carbonyl (C=O) groups is 1. The van der Waals surface area contributed by atoms with Crippen molar-refractivity contribution < 1.29 is 9.90 Å². The van der Waals surface area contributed by atoms with E-state index in [1.807, 2.05) is 36.7 Å². The third kappa shape index (κ3) is 4.43. The Hall–Kier alpha value is -2.93. The quantitative estimate of drug-likeness (QED) is 0.481. The van der Waals surface area contributed by atoms with Crippen LogP contribution in [-0.4, -0.2) is 27.0 Å². The molecule has 0 fully saturated rings. The molecule has 3 rings (SSSR count). The second kappa shape index (κ2) is 8.18. The number of aryl methyl sites for hydroxylation is 1. The van der Waals surface area contributed by atoms with E-state index in [0.29, 0.717) is 11.0 Å². The Morgan fingerprint density at radius 3 is 2.70 bits per heavy atom. The van der Waals surface area contributed by atoms with Crippen molar-refractivity contribution in [3.05, 3.63) is 81.1 Å². The first kappa shape index (κ1) is 18.8. The van der Waals surface area contributed by atoms with E-state index in [9.17, 15) is 9.90 Å². The number of hydrogen-bond donors (Lipinski definition) is 2. The van der Waals surface area contributed by atoms with Crippen LogP contribution < -0.4 is 5.43 Å². The summed E-state index contributed by atoms with van der Waals surface area (Å²) in [5.41, 5.74) is 6.39. The Morgan fingerprint density at radius 2 is 2.00 bits per heavy atom. The number of benzene rings is 2. The van der Waals surface area contributed by atoms with Crippen LogP contribution in [-0.2, 0) is 6.54 Å². The van der Waals surface area contributed by atoms with Crippen molar-refractivity contribution in [2.24, 2.45) is 5.10 Å². The van der Waals surface area contributed by atoms with Crippen LogP contribution in [0.15, 0.2) is 58.1 Å². The van der Waals surface area contributed by atoms with E-state index < -0.39 is 5.91 Å². The van der Waals surface area contributed by atoms with Crippen molar-refractivity contribution in [1.29, 1.82) is 0 Å². The monoisotopic (exact) mass is 426 g/mol. The lowest BCUT2D eigenvalue weighted by Crippen LogP contribution is -2.17. The van der Waals surface area contributed by atoms with E-state index in [4.69, 9.17) is 0 Å². The van der Waals surface area contributed by atoms with Crippen LogP contribution in [0.5, 0.6) is 5.75 Å². The largest absolute Gasteiger partial charge is 0.507 e. The SMILES string of the molecule is Cc1nn(Cc2ccccc2)c(C)c1/C=N\NC(=O)c1ccc(Br)cc1O. The molecule has 0 aliphatic heterocycles. The molecular formula is C20H19BrN4O2. The number of phenolic OH excluding ortho intramolecular Hbond substituents is 1. The summed E-state index contributed by atoms with van der Waals surface area (Å²) in [5.74, 6) is -0.594. The summed E-state index contributed by atoms with van der Waals surface area (Å²) in [5, 5.41) is 18.4. The van der Waals surface area contributed by atoms with Crippen molar-refractivity contribution in [2.75, 3.05) is 0 Å². The van der Waals surface area contributed by atoms with E-state index in [1.165, 1.54) is 12.1 Å². The molecule has 0 aliphatic rings. The third-order valence-corrected chi connectivity index (χ3v) is 4.67. The number of phenols is 1. The molecule has 6 nitrogen and oxygen atoms in total. The molecule has 0 atom stereocenters. The van der Waals surface area contributed by atoms with Gasteiger partial charge in [0.05, 0.1) is 24.0 Å².